The number of rotatable bonds is 2. The van der Waals surface area contributed by atoms with Gasteiger partial charge in [0.25, 0.3) is 0 Å². The normalized spacial score (nSPS) is 31.4. The number of aliphatic hydroxyl groups excluding tert-OH is 1. The first kappa shape index (κ1) is 10.6. The molecular formula is C10H17N3O2. The Morgan fingerprint density at radius 2 is 2.40 bits per heavy atom. The Kier molecular flexibility index (Phi) is 2.77. The molecule has 0 radical (unpaired) electrons. The SMILES string of the molecule is CNC1CN2CCC=C(C(C)=O)N2C1O. The average molecular weight is 211 g/mol. The van der Waals surface area contributed by atoms with Crippen molar-refractivity contribution in [2.75, 3.05) is 20.1 Å². The van der Waals surface area contributed by atoms with Crippen LogP contribution in [0.2, 0.25) is 0 Å². The second kappa shape index (κ2) is 3.92. The van der Waals surface area contributed by atoms with E-state index >= 15 is 0 Å². The predicted octanol–water partition coefficient (Wildman–Crippen LogP) is -0.698. The van der Waals surface area contributed by atoms with Crippen LogP contribution in [0.4, 0.5) is 0 Å². The van der Waals surface area contributed by atoms with Crippen LogP contribution in [0.5, 0.6) is 0 Å². The fraction of sp³-hybridized carbons (Fsp3) is 0.700. The second-order valence-electron chi connectivity index (χ2n) is 4.00. The highest BCUT2D eigenvalue weighted by Gasteiger charge is 2.41. The molecular weight excluding hydrogens is 194 g/mol. The number of nitrogens with one attached hydrogen (secondary N) is 1. The monoisotopic (exact) mass is 211 g/mol. The number of carbonyl (C=O) groups is 1. The summed E-state index contributed by atoms with van der Waals surface area (Å²) in [5, 5.41) is 16.8. The second-order valence-corrected chi connectivity index (χ2v) is 4.00. The van der Waals surface area contributed by atoms with Crippen molar-refractivity contribution in [1.82, 2.24) is 15.3 Å². The average Bonchev–Trinajstić information content (AvgIpc) is 2.55. The lowest BCUT2D eigenvalue weighted by atomic mass is 10.2. The predicted molar refractivity (Wildman–Crippen MR) is 55.6 cm³/mol. The topological polar surface area (TPSA) is 55.8 Å². The molecule has 0 aromatic heterocycles. The van der Waals surface area contributed by atoms with Crippen LogP contribution in [-0.2, 0) is 4.79 Å². The number of hydrogen-bond acceptors (Lipinski definition) is 5. The lowest BCUT2D eigenvalue weighted by Crippen LogP contribution is -2.46. The summed E-state index contributed by atoms with van der Waals surface area (Å²) >= 11 is 0. The minimum absolute atomic E-state index is 0.00542. The van der Waals surface area contributed by atoms with Crippen LogP contribution < -0.4 is 5.32 Å². The van der Waals surface area contributed by atoms with Gasteiger partial charge in [-0.15, -0.1) is 0 Å². The number of likely N-dealkylation sites (N-methyl/N-ethyl adjacent to an activating group) is 1. The van der Waals surface area contributed by atoms with Crippen molar-refractivity contribution >= 4 is 5.78 Å². The summed E-state index contributed by atoms with van der Waals surface area (Å²) in [6, 6.07) is 0.00542. The quantitative estimate of drug-likeness (QED) is 0.632. The molecule has 0 aromatic rings. The molecule has 0 spiro atoms. The van der Waals surface area contributed by atoms with E-state index in [9.17, 15) is 9.90 Å². The fourth-order valence-corrected chi connectivity index (χ4v) is 2.23. The Balaban J connectivity index is 2.24. The van der Waals surface area contributed by atoms with E-state index in [4.69, 9.17) is 0 Å². The number of Topliss-reactive ketones (excluding diaryl/α,β-unsaturated/α-hetero) is 1. The smallest absolute Gasteiger partial charge is 0.176 e. The van der Waals surface area contributed by atoms with E-state index in [1.807, 2.05) is 18.1 Å². The molecule has 5 nitrogen and oxygen atoms in total. The Morgan fingerprint density at radius 1 is 1.67 bits per heavy atom. The van der Waals surface area contributed by atoms with E-state index in [1.54, 1.807) is 5.01 Å². The van der Waals surface area contributed by atoms with Crippen molar-refractivity contribution in [3.63, 3.8) is 0 Å². The Labute approximate surface area is 89.3 Å². The Morgan fingerprint density at radius 3 is 3.00 bits per heavy atom. The van der Waals surface area contributed by atoms with E-state index in [1.165, 1.54) is 6.92 Å². The summed E-state index contributed by atoms with van der Waals surface area (Å²) < 4.78 is 0. The van der Waals surface area contributed by atoms with Crippen molar-refractivity contribution in [2.24, 2.45) is 0 Å². The molecule has 1 saturated heterocycles. The Bertz CT molecular complexity index is 303. The lowest BCUT2D eigenvalue weighted by Gasteiger charge is -2.35. The van der Waals surface area contributed by atoms with Gasteiger partial charge in [0.05, 0.1) is 11.7 Å². The number of hydrazine groups is 1. The van der Waals surface area contributed by atoms with Gasteiger partial charge in [-0.3, -0.25) is 9.80 Å². The molecule has 2 unspecified atom stereocenters. The van der Waals surface area contributed by atoms with Gasteiger partial charge in [-0.2, -0.15) is 0 Å². The van der Waals surface area contributed by atoms with Crippen LogP contribution in [-0.4, -0.2) is 53.3 Å². The van der Waals surface area contributed by atoms with Crippen molar-refractivity contribution < 1.29 is 9.90 Å². The number of nitrogens with zero attached hydrogens (tertiary/aromatic N) is 2. The highest BCUT2D eigenvalue weighted by atomic mass is 16.3. The van der Waals surface area contributed by atoms with Crippen molar-refractivity contribution in [3.05, 3.63) is 11.8 Å². The minimum Gasteiger partial charge on any atom is -0.371 e. The maximum absolute atomic E-state index is 11.4. The third kappa shape index (κ3) is 1.67. The van der Waals surface area contributed by atoms with Crippen LogP contribution in [0.15, 0.2) is 11.8 Å². The first-order valence-electron chi connectivity index (χ1n) is 5.25. The number of allylic oxidation sites excluding steroid dienone is 1. The first-order chi connectivity index (χ1) is 7.15. The molecule has 2 rings (SSSR count). The largest absolute Gasteiger partial charge is 0.371 e. The van der Waals surface area contributed by atoms with Crippen LogP contribution in [0.1, 0.15) is 13.3 Å². The maximum Gasteiger partial charge on any atom is 0.176 e. The molecule has 0 saturated carbocycles. The van der Waals surface area contributed by atoms with Gasteiger partial charge in [-0.1, -0.05) is 6.08 Å². The van der Waals surface area contributed by atoms with Crippen LogP contribution >= 0.6 is 0 Å². The summed E-state index contributed by atoms with van der Waals surface area (Å²) in [5.41, 5.74) is 0.617. The summed E-state index contributed by atoms with van der Waals surface area (Å²) in [7, 11) is 1.82. The summed E-state index contributed by atoms with van der Waals surface area (Å²) in [5.74, 6) is 0.00973. The molecule has 2 N–H and O–H groups in total. The van der Waals surface area contributed by atoms with Crippen LogP contribution in [0.25, 0.3) is 0 Å². The molecule has 1 fully saturated rings. The number of carbonyl (C=O) groups excluding carboxylic acids is 1. The molecule has 2 atom stereocenters. The molecule has 2 aliphatic heterocycles. The first-order valence-corrected chi connectivity index (χ1v) is 5.25. The van der Waals surface area contributed by atoms with Gasteiger partial charge in [0, 0.05) is 20.0 Å². The standard InChI is InChI=1S/C10H17N3O2/c1-7(14)9-4-3-5-12-6-8(11-2)10(15)13(9)12/h4,8,10-11,15H,3,5-6H2,1-2H3. The highest BCUT2D eigenvalue weighted by Crippen LogP contribution is 2.26. The Hall–Kier alpha value is -0.910. The molecule has 0 aromatic carbocycles. The minimum atomic E-state index is -0.634. The summed E-state index contributed by atoms with van der Waals surface area (Å²) in [6.07, 6.45) is 2.14. The molecule has 84 valence electrons. The number of hydrogen-bond donors (Lipinski definition) is 2. The molecule has 2 heterocycles. The van der Waals surface area contributed by atoms with Crippen molar-refractivity contribution in [3.8, 4) is 0 Å². The zero-order valence-corrected chi connectivity index (χ0v) is 9.10. The van der Waals surface area contributed by atoms with Gasteiger partial charge >= 0.3 is 0 Å². The molecule has 2 aliphatic rings. The van der Waals surface area contributed by atoms with Gasteiger partial charge in [-0.25, -0.2) is 5.01 Å². The van der Waals surface area contributed by atoms with Gasteiger partial charge in [0.2, 0.25) is 0 Å². The van der Waals surface area contributed by atoms with Crippen molar-refractivity contribution in [1.29, 1.82) is 0 Å². The van der Waals surface area contributed by atoms with E-state index in [0.29, 0.717) is 5.70 Å². The maximum atomic E-state index is 11.4. The fourth-order valence-electron chi connectivity index (χ4n) is 2.23. The zero-order chi connectivity index (χ0) is 11.0. The van der Waals surface area contributed by atoms with E-state index < -0.39 is 6.23 Å². The molecule has 5 heteroatoms. The van der Waals surface area contributed by atoms with Gasteiger partial charge in [-0.05, 0) is 13.5 Å². The van der Waals surface area contributed by atoms with E-state index in [2.05, 4.69) is 5.32 Å². The van der Waals surface area contributed by atoms with E-state index in [-0.39, 0.29) is 11.8 Å². The molecule has 15 heavy (non-hydrogen) atoms. The summed E-state index contributed by atoms with van der Waals surface area (Å²) in [6.45, 7) is 3.16. The van der Waals surface area contributed by atoms with Crippen LogP contribution in [0, 0.1) is 0 Å². The van der Waals surface area contributed by atoms with Gasteiger partial charge in [0.1, 0.15) is 0 Å². The molecule has 0 aliphatic carbocycles. The third-order valence-corrected chi connectivity index (χ3v) is 3.03. The van der Waals surface area contributed by atoms with E-state index in [0.717, 1.165) is 19.5 Å². The molecule has 0 bridgehead atoms. The van der Waals surface area contributed by atoms with Gasteiger partial charge < -0.3 is 10.4 Å². The number of aliphatic hydroxyl groups is 1. The van der Waals surface area contributed by atoms with Gasteiger partial charge in [0.15, 0.2) is 12.0 Å². The zero-order valence-electron chi connectivity index (χ0n) is 9.10. The number of ketones is 1. The third-order valence-electron chi connectivity index (χ3n) is 3.03. The number of fused-ring (bicyclic) bond motifs is 1. The lowest BCUT2D eigenvalue weighted by molar-refractivity contribution is -0.123. The van der Waals surface area contributed by atoms with Crippen LogP contribution in [0.3, 0.4) is 0 Å². The molecule has 0 amide bonds. The van der Waals surface area contributed by atoms with Crippen molar-refractivity contribution in [2.45, 2.75) is 25.6 Å². The highest BCUT2D eigenvalue weighted by molar-refractivity contribution is 5.92. The summed E-state index contributed by atoms with van der Waals surface area (Å²) in [4.78, 5) is 11.4.